The average Bonchev–Trinajstić information content (AvgIpc) is 2.38. The Labute approximate surface area is 103 Å². The van der Waals surface area contributed by atoms with Crippen LogP contribution in [-0.4, -0.2) is 24.2 Å². The zero-order valence-corrected chi connectivity index (χ0v) is 9.65. The number of carbonyl (C=O) groups is 2. The van der Waals surface area contributed by atoms with Crippen LogP contribution in [0.25, 0.3) is 0 Å². The number of alkyl halides is 1. The van der Waals surface area contributed by atoms with Gasteiger partial charge in [0.05, 0.1) is 0 Å². The lowest BCUT2D eigenvalue weighted by molar-refractivity contribution is -0.118. The minimum Gasteiger partial charge on any atom is -0.352 e. The summed E-state index contributed by atoms with van der Waals surface area (Å²) in [4.78, 5) is 22.5. The minimum atomic E-state index is -0.347. The SMILES string of the molecule is O=C(CCl)NCC1N=NC(=O)c2ccccc21. The molecule has 6 heteroatoms. The van der Waals surface area contributed by atoms with E-state index in [1.807, 2.05) is 12.1 Å². The molecule has 0 saturated carbocycles. The van der Waals surface area contributed by atoms with E-state index in [2.05, 4.69) is 15.5 Å². The maximum absolute atomic E-state index is 11.5. The van der Waals surface area contributed by atoms with E-state index in [0.29, 0.717) is 12.1 Å². The summed E-state index contributed by atoms with van der Waals surface area (Å²) < 4.78 is 0. The molecule has 0 fully saturated rings. The molecule has 1 atom stereocenters. The number of hydrogen-bond donors (Lipinski definition) is 1. The summed E-state index contributed by atoms with van der Waals surface area (Å²) in [6, 6.07) is 6.78. The first-order chi connectivity index (χ1) is 8.22. The van der Waals surface area contributed by atoms with Crippen LogP contribution in [0.3, 0.4) is 0 Å². The Morgan fingerprint density at radius 1 is 1.41 bits per heavy atom. The summed E-state index contributed by atoms with van der Waals surface area (Å²) >= 11 is 5.37. The second-order valence-corrected chi connectivity index (χ2v) is 3.83. The fourth-order valence-electron chi connectivity index (χ4n) is 1.63. The van der Waals surface area contributed by atoms with Crippen LogP contribution in [0.4, 0.5) is 0 Å². The van der Waals surface area contributed by atoms with E-state index in [0.717, 1.165) is 5.56 Å². The average molecular weight is 252 g/mol. The Bertz CT molecular complexity index is 487. The Hall–Kier alpha value is -1.75. The van der Waals surface area contributed by atoms with Crippen LogP contribution in [-0.2, 0) is 4.79 Å². The van der Waals surface area contributed by atoms with Crippen molar-refractivity contribution in [2.24, 2.45) is 10.2 Å². The van der Waals surface area contributed by atoms with Gasteiger partial charge in [-0.25, -0.2) is 0 Å². The summed E-state index contributed by atoms with van der Waals surface area (Å²) in [6.07, 6.45) is 0. The van der Waals surface area contributed by atoms with Crippen molar-refractivity contribution in [1.82, 2.24) is 5.32 Å². The molecular weight excluding hydrogens is 242 g/mol. The third kappa shape index (κ3) is 2.50. The molecule has 0 bridgehead atoms. The highest BCUT2D eigenvalue weighted by Gasteiger charge is 2.23. The Morgan fingerprint density at radius 3 is 2.94 bits per heavy atom. The van der Waals surface area contributed by atoms with Crippen LogP contribution in [0.5, 0.6) is 0 Å². The lowest BCUT2D eigenvalue weighted by atomic mass is 9.99. The molecule has 2 amide bonds. The van der Waals surface area contributed by atoms with Gasteiger partial charge in [0, 0.05) is 12.1 Å². The van der Waals surface area contributed by atoms with Gasteiger partial charge >= 0.3 is 0 Å². The zero-order chi connectivity index (χ0) is 12.3. The summed E-state index contributed by atoms with van der Waals surface area (Å²) in [7, 11) is 0. The molecule has 1 N–H and O–H groups in total. The van der Waals surface area contributed by atoms with Crippen LogP contribution < -0.4 is 5.32 Å². The highest BCUT2D eigenvalue weighted by molar-refractivity contribution is 6.27. The fourth-order valence-corrected chi connectivity index (χ4v) is 1.72. The van der Waals surface area contributed by atoms with Crippen molar-refractivity contribution in [1.29, 1.82) is 0 Å². The van der Waals surface area contributed by atoms with Gasteiger partial charge < -0.3 is 5.32 Å². The van der Waals surface area contributed by atoms with Crippen molar-refractivity contribution in [2.75, 3.05) is 12.4 Å². The van der Waals surface area contributed by atoms with Gasteiger partial charge in [0.25, 0.3) is 5.91 Å². The van der Waals surface area contributed by atoms with Crippen LogP contribution >= 0.6 is 11.6 Å². The van der Waals surface area contributed by atoms with Gasteiger partial charge in [-0.3, -0.25) is 9.59 Å². The Morgan fingerprint density at radius 2 is 2.18 bits per heavy atom. The molecule has 1 aliphatic rings. The van der Waals surface area contributed by atoms with Crippen molar-refractivity contribution in [2.45, 2.75) is 6.04 Å². The Kier molecular flexibility index (Phi) is 3.49. The fraction of sp³-hybridized carbons (Fsp3) is 0.273. The van der Waals surface area contributed by atoms with E-state index in [9.17, 15) is 9.59 Å². The topological polar surface area (TPSA) is 70.9 Å². The number of nitrogens with zero attached hydrogens (tertiary/aromatic N) is 2. The first-order valence-electron chi connectivity index (χ1n) is 5.09. The predicted octanol–water partition coefficient (Wildman–Crippen LogP) is 1.69. The second-order valence-electron chi connectivity index (χ2n) is 3.56. The van der Waals surface area contributed by atoms with Crippen LogP contribution in [0.1, 0.15) is 22.0 Å². The smallest absolute Gasteiger partial charge is 0.295 e. The molecule has 1 unspecified atom stereocenters. The van der Waals surface area contributed by atoms with Gasteiger partial charge in [-0.1, -0.05) is 18.2 Å². The van der Waals surface area contributed by atoms with E-state index in [1.54, 1.807) is 12.1 Å². The van der Waals surface area contributed by atoms with Gasteiger partial charge in [-0.05, 0) is 11.6 Å². The van der Waals surface area contributed by atoms with Gasteiger partial charge in [0.2, 0.25) is 5.91 Å². The van der Waals surface area contributed by atoms with E-state index in [1.165, 1.54) is 0 Å². The number of halogens is 1. The van der Waals surface area contributed by atoms with Crippen molar-refractivity contribution >= 4 is 23.4 Å². The predicted molar refractivity (Wildman–Crippen MR) is 62.1 cm³/mol. The monoisotopic (exact) mass is 251 g/mol. The summed E-state index contributed by atoms with van der Waals surface area (Å²) in [5, 5.41) is 10.1. The third-order valence-electron chi connectivity index (χ3n) is 2.45. The van der Waals surface area contributed by atoms with Crippen molar-refractivity contribution in [3.8, 4) is 0 Å². The quantitative estimate of drug-likeness (QED) is 0.831. The van der Waals surface area contributed by atoms with Crippen molar-refractivity contribution in [3.63, 3.8) is 0 Å². The van der Waals surface area contributed by atoms with Crippen LogP contribution in [0.2, 0.25) is 0 Å². The number of fused-ring (bicyclic) bond motifs is 1. The van der Waals surface area contributed by atoms with E-state index in [4.69, 9.17) is 11.6 Å². The normalized spacial score (nSPS) is 17.7. The summed E-state index contributed by atoms with van der Waals surface area (Å²) in [5.41, 5.74) is 1.31. The number of benzene rings is 1. The van der Waals surface area contributed by atoms with Crippen molar-refractivity contribution < 1.29 is 9.59 Å². The molecular formula is C11H10ClN3O2. The molecule has 0 aromatic heterocycles. The summed E-state index contributed by atoms with van der Waals surface area (Å²) in [5.74, 6) is -0.707. The number of amides is 2. The molecule has 2 rings (SSSR count). The highest BCUT2D eigenvalue weighted by Crippen LogP contribution is 2.26. The maximum atomic E-state index is 11.5. The van der Waals surface area contributed by atoms with Crippen LogP contribution in [0.15, 0.2) is 34.5 Å². The molecule has 0 radical (unpaired) electrons. The molecule has 0 aliphatic carbocycles. The first-order valence-corrected chi connectivity index (χ1v) is 5.62. The largest absolute Gasteiger partial charge is 0.352 e. The van der Waals surface area contributed by atoms with Gasteiger partial charge in [-0.2, -0.15) is 5.11 Å². The zero-order valence-electron chi connectivity index (χ0n) is 8.89. The molecule has 1 aromatic rings. The third-order valence-corrected chi connectivity index (χ3v) is 2.69. The lowest BCUT2D eigenvalue weighted by Gasteiger charge is -2.18. The number of azo groups is 1. The van der Waals surface area contributed by atoms with E-state index < -0.39 is 0 Å². The first kappa shape index (κ1) is 11.7. The molecule has 1 aliphatic heterocycles. The number of hydrogen-bond acceptors (Lipinski definition) is 3. The minimum absolute atomic E-state index is 0.0928. The number of rotatable bonds is 3. The molecule has 88 valence electrons. The molecule has 17 heavy (non-hydrogen) atoms. The van der Waals surface area contributed by atoms with Gasteiger partial charge in [0.1, 0.15) is 11.9 Å². The van der Waals surface area contributed by atoms with Crippen LogP contribution in [0, 0.1) is 0 Å². The van der Waals surface area contributed by atoms with E-state index >= 15 is 0 Å². The molecule has 5 nitrogen and oxygen atoms in total. The second kappa shape index (κ2) is 5.05. The van der Waals surface area contributed by atoms with E-state index in [-0.39, 0.29) is 23.7 Å². The Balaban J connectivity index is 2.17. The molecule has 0 saturated heterocycles. The number of nitrogens with one attached hydrogen (secondary N) is 1. The van der Waals surface area contributed by atoms with Crippen molar-refractivity contribution in [3.05, 3.63) is 35.4 Å². The highest BCUT2D eigenvalue weighted by atomic mass is 35.5. The van der Waals surface area contributed by atoms with Gasteiger partial charge in [-0.15, -0.1) is 16.7 Å². The summed E-state index contributed by atoms with van der Waals surface area (Å²) in [6.45, 7) is 0.291. The molecule has 1 aromatic carbocycles. The lowest BCUT2D eigenvalue weighted by Crippen LogP contribution is -2.30. The molecule has 0 spiro atoms. The van der Waals surface area contributed by atoms with Gasteiger partial charge in [0.15, 0.2) is 0 Å². The maximum Gasteiger partial charge on any atom is 0.295 e. The molecule has 1 heterocycles. The standard InChI is InChI=1S/C11H10ClN3O2/c12-5-10(16)13-6-9-7-3-1-2-4-8(7)11(17)15-14-9/h1-4,9H,5-6H2,(H,13,16). The number of carbonyl (C=O) groups excluding carboxylic acids is 2.